The number of rotatable bonds is 5. The first-order chi connectivity index (χ1) is 12.3. The van der Waals surface area contributed by atoms with Gasteiger partial charge in [-0.05, 0) is 54.7 Å². The van der Waals surface area contributed by atoms with Crippen molar-refractivity contribution in [2.75, 3.05) is 13.7 Å². The van der Waals surface area contributed by atoms with Crippen LogP contribution in [0, 0.1) is 0 Å². The van der Waals surface area contributed by atoms with Gasteiger partial charge in [-0.3, -0.25) is 4.98 Å². The Balaban J connectivity index is 1.86. The van der Waals surface area contributed by atoms with Crippen molar-refractivity contribution in [2.45, 2.75) is 25.8 Å². The number of aromatic nitrogens is 4. The van der Waals surface area contributed by atoms with Crippen LogP contribution >= 0.6 is 0 Å². The number of aryl methyl sites for hydroxylation is 2. The minimum absolute atomic E-state index is 0.000594. The Bertz CT molecular complexity index is 890. The number of aliphatic hydroxyl groups excluding tert-OH is 1. The van der Waals surface area contributed by atoms with Gasteiger partial charge in [-0.25, -0.2) is 9.67 Å². The fraction of sp³-hybridized carbons (Fsp3) is 0.316. The lowest BCUT2D eigenvalue weighted by Gasteiger charge is -2.12. The summed E-state index contributed by atoms with van der Waals surface area (Å²) in [5.74, 6) is 2.13. The van der Waals surface area contributed by atoms with Gasteiger partial charge in [0.15, 0.2) is 11.6 Å². The number of hydrogen-bond donors (Lipinski definition) is 1. The van der Waals surface area contributed by atoms with Crippen LogP contribution < -0.4 is 4.74 Å². The molecule has 25 heavy (non-hydrogen) atoms. The molecule has 6 heteroatoms. The number of methoxy groups -OCH3 is 1. The van der Waals surface area contributed by atoms with Gasteiger partial charge in [0, 0.05) is 18.0 Å². The van der Waals surface area contributed by atoms with E-state index in [1.54, 1.807) is 24.2 Å². The first kappa shape index (κ1) is 15.8. The molecule has 0 spiro atoms. The highest BCUT2D eigenvalue weighted by Gasteiger charge is 2.21. The van der Waals surface area contributed by atoms with Crippen LogP contribution in [0.2, 0.25) is 0 Å². The van der Waals surface area contributed by atoms with Crippen molar-refractivity contribution in [3.05, 3.63) is 47.8 Å². The second-order valence-corrected chi connectivity index (χ2v) is 6.12. The largest absolute Gasteiger partial charge is 0.496 e. The molecule has 0 unspecified atom stereocenters. The van der Waals surface area contributed by atoms with Crippen LogP contribution in [0.25, 0.3) is 22.8 Å². The van der Waals surface area contributed by atoms with Crippen molar-refractivity contribution in [3.63, 3.8) is 0 Å². The van der Waals surface area contributed by atoms with Crippen molar-refractivity contribution in [1.82, 2.24) is 19.7 Å². The minimum Gasteiger partial charge on any atom is -0.496 e. The summed E-state index contributed by atoms with van der Waals surface area (Å²) >= 11 is 0. The molecule has 0 saturated heterocycles. The summed E-state index contributed by atoms with van der Waals surface area (Å²) in [6, 6.07) is 8.03. The standard InChI is InChI=1S/C19H20N4O2/c1-25-17-12-15-4-2-3-14(15)11-16(17)19-21-18(22-23(19)9-10-24)13-5-7-20-8-6-13/h5-8,11-12,24H,2-4,9-10H2,1H3. The third-order valence-electron chi connectivity index (χ3n) is 4.58. The van der Waals surface area contributed by atoms with Crippen LogP contribution in [-0.4, -0.2) is 38.6 Å². The molecule has 0 fully saturated rings. The number of pyridine rings is 1. The normalized spacial score (nSPS) is 13.0. The van der Waals surface area contributed by atoms with Crippen molar-refractivity contribution < 1.29 is 9.84 Å². The molecule has 0 bridgehead atoms. The lowest BCUT2D eigenvalue weighted by Crippen LogP contribution is -2.07. The van der Waals surface area contributed by atoms with E-state index in [0.29, 0.717) is 18.2 Å². The van der Waals surface area contributed by atoms with Gasteiger partial charge in [-0.2, -0.15) is 5.10 Å². The average Bonchev–Trinajstić information content (AvgIpc) is 3.28. The summed E-state index contributed by atoms with van der Waals surface area (Å²) < 4.78 is 7.36. The van der Waals surface area contributed by atoms with E-state index in [1.807, 2.05) is 12.1 Å². The molecule has 4 rings (SSSR count). The summed E-state index contributed by atoms with van der Waals surface area (Å²) in [4.78, 5) is 8.78. The molecule has 2 heterocycles. The highest BCUT2D eigenvalue weighted by atomic mass is 16.5. The fourth-order valence-corrected chi connectivity index (χ4v) is 3.36. The molecule has 0 atom stereocenters. The highest BCUT2D eigenvalue weighted by molar-refractivity contribution is 5.69. The lowest BCUT2D eigenvalue weighted by atomic mass is 10.0. The Labute approximate surface area is 146 Å². The van der Waals surface area contributed by atoms with Gasteiger partial charge in [0.2, 0.25) is 0 Å². The lowest BCUT2D eigenvalue weighted by molar-refractivity contribution is 0.270. The van der Waals surface area contributed by atoms with Crippen LogP contribution in [0.15, 0.2) is 36.7 Å². The fourth-order valence-electron chi connectivity index (χ4n) is 3.36. The van der Waals surface area contributed by atoms with Crippen molar-refractivity contribution >= 4 is 0 Å². The summed E-state index contributed by atoms with van der Waals surface area (Å²) in [6.07, 6.45) is 6.79. The topological polar surface area (TPSA) is 73.1 Å². The van der Waals surface area contributed by atoms with Crippen LogP contribution in [-0.2, 0) is 19.4 Å². The first-order valence-corrected chi connectivity index (χ1v) is 8.46. The molecule has 2 aromatic heterocycles. The monoisotopic (exact) mass is 336 g/mol. The Hall–Kier alpha value is -2.73. The summed E-state index contributed by atoms with van der Waals surface area (Å²) in [6.45, 7) is 0.382. The highest BCUT2D eigenvalue weighted by Crippen LogP contribution is 2.36. The van der Waals surface area contributed by atoms with Crippen LogP contribution in [0.5, 0.6) is 5.75 Å². The molecule has 6 nitrogen and oxygen atoms in total. The number of aliphatic hydroxyl groups is 1. The van der Waals surface area contributed by atoms with Gasteiger partial charge in [0.1, 0.15) is 5.75 Å². The number of hydrogen-bond acceptors (Lipinski definition) is 5. The molecule has 1 N–H and O–H groups in total. The Morgan fingerprint density at radius 1 is 1.16 bits per heavy atom. The number of nitrogens with zero attached hydrogens (tertiary/aromatic N) is 4. The minimum atomic E-state index is -0.000594. The molecule has 1 aromatic carbocycles. The maximum Gasteiger partial charge on any atom is 0.181 e. The van der Waals surface area contributed by atoms with Crippen LogP contribution in [0.4, 0.5) is 0 Å². The van der Waals surface area contributed by atoms with E-state index in [2.05, 4.69) is 22.2 Å². The maximum absolute atomic E-state index is 9.42. The second kappa shape index (κ2) is 6.64. The molecular formula is C19H20N4O2. The summed E-state index contributed by atoms with van der Waals surface area (Å²) in [5, 5.41) is 14.0. The van der Waals surface area contributed by atoms with Crippen molar-refractivity contribution in [1.29, 1.82) is 0 Å². The number of ether oxygens (including phenoxy) is 1. The van der Waals surface area contributed by atoms with E-state index in [9.17, 15) is 5.11 Å². The average molecular weight is 336 g/mol. The molecule has 3 aromatic rings. The third-order valence-corrected chi connectivity index (χ3v) is 4.58. The third kappa shape index (κ3) is 2.89. The number of fused-ring (bicyclic) bond motifs is 1. The van der Waals surface area contributed by atoms with Gasteiger partial charge >= 0.3 is 0 Å². The Morgan fingerprint density at radius 3 is 2.64 bits per heavy atom. The maximum atomic E-state index is 9.42. The van der Waals surface area contributed by atoms with Crippen molar-refractivity contribution in [2.24, 2.45) is 0 Å². The molecule has 0 aliphatic heterocycles. The zero-order valence-electron chi connectivity index (χ0n) is 14.1. The smallest absolute Gasteiger partial charge is 0.181 e. The Kier molecular flexibility index (Phi) is 4.19. The van der Waals surface area contributed by atoms with Crippen LogP contribution in [0.3, 0.4) is 0 Å². The van der Waals surface area contributed by atoms with Gasteiger partial charge in [-0.1, -0.05) is 0 Å². The SMILES string of the molecule is COc1cc2c(cc1-c1nc(-c3ccncc3)nn1CCO)CCC2. The van der Waals surface area contributed by atoms with E-state index < -0.39 is 0 Å². The number of benzene rings is 1. The van der Waals surface area contributed by atoms with E-state index in [0.717, 1.165) is 29.7 Å². The molecule has 1 aliphatic carbocycles. The van der Waals surface area contributed by atoms with E-state index >= 15 is 0 Å². The van der Waals surface area contributed by atoms with Gasteiger partial charge < -0.3 is 9.84 Å². The van der Waals surface area contributed by atoms with E-state index in [4.69, 9.17) is 9.72 Å². The van der Waals surface area contributed by atoms with Crippen LogP contribution in [0.1, 0.15) is 17.5 Å². The van der Waals surface area contributed by atoms with E-state index in [1.165, 1.54) is 17.5 Å². The first-order valence-electron chi connectivity index (χ1n) is 8.46. The summed E-state index contributed by atoms with van der Waals surface area (Å²) in [7, 11) is 1.68. The van der Waals surface area contributed by atoms with Gasteiger partial charge in [0.05, 0.1) is 25.8 Å². The van der Waals surface area contributed by atoms with E-state index in [-0.39, 0.29) is 6.61 Å². The summed E-state index contributed by atoms with van der Waals surface area (Å²) in [5.41, 5.74) is 4.51. The van der Waals surface area contributed by atoms with Gasteiger partial charge in [-0.15, -0.1) is 0 Å². The molecular weight excluding hydrogens is 316 g/mol. The predicted molar refractivity (Wildman–Crippen MR) is 94.4 cm³/mol. The molecule has 128 valence electrons. The zero-order chi connectivity index (χ0) is 17.2. The van der Waals surface area contributed by atoms with Gasteiger partial charge in [0.25, 0.3) is 0 Å². The molecule has 0 amide bonds. The quantitative estimate of drug-likeness (QED) is 0.775. The molecule has 0 saturated carbocycles. The predicted octanol–water partition coefficient (Wildman–Crippen LogP) is 2.50. The molecule has 0 radical (unpaired) electrons. The second-order valence-electron chi connectivity index (χ2n) is 6.12. The van der Waals surface area contributed by atoms with Crippen molar-refractivity contribution in [3.8, 4) is 28.5 Å². The zero-order valence-corrected chi connectivity index (χ0v) is 14.1. The Morgan fingerprint density at radius 2 is 1.92 bits per heavy atom. The molecule has 1 aliphatic rings.